The maximum absolute atomic E-state index is 11.8. The molecule has 0 unspecified atom stereocenters. The van der Waals surface area contributed by atoms with Gasteiger partial charge >= 0.3 is 0 Å². The molecule has 2 N–H and O–H groups in total. The predicted octanol–water partition coefficient (Wildman–Crippen LogP) is 0.962. The second-order valence-corrected chi connectivity index (χ2v) is 6.58. The first-order valence-corrected chi connectivity index (χ1v) is 7.20. The third-order valence-electron chi connectivity index (χ3n) is 2.05. The van der Waals surface area contributed by atoms with Crippen LogP contribution in [0.15, 0.2) is 17.4 Å². The van der Waals surface area contributed by atoms with Crippen LogP contribution in [0.2, 0.25) is 0 Å². The Morgan fingerprint density at radius 1 is 1.35 bits per heavy atom. The number of nitrogens with one attached hydrogen (secondary N) is 2. The predicted molar refractivity (Wildman–Crippen MR) is 64.2 cm³/mol. The maximum Gasteiger partial charge on any atom is 0.258 e. The van der Waals surface area contributed by atoms with Crippen molar-refractivity contribution in [3.63, 3.8) is 0 Å². The van der Waals surface area contributed by atoms with Crippen molar-refractivity contribution < 1.29 is 8.42 Å². The maximum atomic E-state index is 11.8. The molecular weight excluding hydrogens is 260 g/mol. The van der Waals surface area contributed by atoms with Gasteiger partial charge in [-0.1, -0.05) is 0 Å². The number of sulfonamides is 1. The molecular formula is C9H12N4O2S2. The lowest BCUT2D eigenvalue weighted by atomic mass is 10.6. The molecule has 2 rings (SSSR count). The van der Waals surface area contributed by atoms with Gasteiger partial charge in [0.1, 0.15) is 10.8 Å². The van der Waals surface area contributed by atoms with Crippen LogP contribution in [0.4, 0.5) is 0 Å². The quantitative estimate of drug-likeness (QED) is 0.867. The SMILES string of the molecule is Cc1ncc(S(=O)(=O)NCc2ncc(C)s2)[nH]1. The van der Waals surface area contributed by atoms with Gasteiger partial charge in [0.15, 0.2) is 5.03 Å². The molecule has 0 spiro atoms. The lowest BCUT2D eigenvalue weighted by Crippen LogP contribution is -2.23. The van der Waals surface area contributed by atoms with Gasteiger partial charge in [-0.25, -0.2) is 23.1 Å². The Hall–Kier alpha value is -1.25. The average Bonchev–Trinajstić information content (AvgIpc) is 2.85. The monoisotopic (exact) mass is 272 g/mol. The van der Waals surface area contributed by atoms with E-state index >= 15 is 0 Å². The van der Waals surface area contributed by atoms with Crippen molar-refractivity contribution in [1.82, 2.24) is 19.7 Å². The van der Waals surface area contributed by atoms with Crippen LogP contribution in [0, 0.1) is 13.8 Å². The molecule has 0 bridgehead atoms. The summed E-state index contributed by atoms with van der Waals surface area (Å²) in [5.74, 6) is 0.565. The molecule has 2 aromatic rings. The Kier molecular flexibility index (Phi) is 3.27. The summed E-state index contributed by atoms with van der Waals surface area (Å²) in [6, 6.07) is 0. The van der Waals surface area contributed by atoms with Crippen LogP contribution in [0.25, 0.3) is 0 Å². The molecule has 0 aromatic carbocycles. The molecule has 6 nitrogen and oxygen atoms in total. The van der Waals surface area contributed by atoms with Gasteiger partial charge in [-0.2, -0.15) is 0 Å². The van der Waals surface area contributed by atoms with Gasteiger partial charge < -0.3 is 4.98 Å². The molecule has 0 amide bonds. The Morgan fingerprint density at radius 3 is 2.65 bits per heavy atom. The fourth-order valence-electron chi connectivity index (χ4n) is 1.25. The second-order valence-electron chi connectivity index (χ2n) is 3.52. The zero-order valence-corrected chi connectivity index (χ0v) is 11.0. The Balaban J connectivity index is 2.08. The Bertz CT molecular complexity index is 614. The fourth-order valence-corrected chi connectivity index (χ4v) is 3.03. The highest BCUT2D eigenvalue weighted by molar-refractivity contribution is 7.89. The minimum atomic E-state index is -3.53. The minimum absolute atomic E-state index is 0.0725. The highest BCUT2D eigenvalue weighted by Crippen LogP contribution is 2.12. The fraction of sp³-hybridized carbons (Fsp3) is 0.333. The highest BCUT2D eigenvalue weighted by Gasteiger charge is 2.16. The number of aryl methyl sites for hydroxylation is 2. The zero-order chi connectivity index (χ0) is 12.5. The molecule has 0 fully saturated rings. The summed E-state index contributed by atoms with van der Waals surface area (Å²) in [5.41, 5.74) is 0. The van der Waals surface area contributed by atoms with E-state index in [1.807, 2.05) is 6.92 Å². The van der Waals surface area contributed by atoms with Crippen molar-refractivity contribution in [1.29, 1.82) is 0 Å². The van der Waals surface area contributed by atoms with E-state index in [4.69, 9.17) is 0 Å². The standard InChI is InChI=1S/C9H12N4O2S2/c1-6-3-11-8(16-6)4-12-17(14,15)9-5-10-7(2)13-9/h3,5,12H,4H2,1-2H3,(H,10,13). The molecule has 0 saturated carbocycles. The van der Waals surface area contributed by atoms with E-state index in [1.54, 1.807) is 13.1 Å². The summed E-state index contributed by atoms with van der Waals surface area (Å²) in [5, 5.41) is 0.811. The number of imidazole rings is 1. The third-order valence-corrected chi connectivity index (χ3v) is 4.28. The van der Waals surface area contributed by atoms with E-state index in [-0.39, 0.29) is 11.6 Å². The Morgan fingerprint density at radius 2 is 2.12 bits per heavy atom. The van der Waals surface area contributed by atoms with Crippen molar-refractivity contribution in [3.05, 3.63) is 28.1 Å². The van der Waals surface area contributed by atoms with Crippen LogP contribution < -0.4 is 4.72 Å². The summed E-state index contributed by atoms with van der Waals surface area (Å²) < 4.78 is 26.1. The molecule has 0 saturated heterocycles. The smallest absolute Gasteiger partial charge is 0.258 e. The van der Waals surface area contributed by atoms with E-state index in [0.29, 0.717) is 5.82 Å². The summed E-state index contributed by atoms with van der Waals surface area (Å²) in [6.45, 7) is 3.82. The van der Waals surface area contributed by atoms with Crippen molar-refractivity contribution in [3.8, 4) is 0 Å². The molecule has 2 aromatic heterocycles. The van der Waals surface area contributed by atoms with Gasteiger partial charge in [0.2, 0.25) is 0 Å². The van der Waals surface area contributed by atoms with Gasteiger partial charge in [0, 0.05) is 11.1 Å². The van der Waals surface area contributed by atoms with Crippen LogP contribution in [-0.4, -0.2) is 23.4 Å². The van der Waals surface area contributed by atoms with E-state index in [0.717, 1.165) is 9.88 Å². The topological polar surface area (TPSA) is 87.7 Å². The van der Waals surface area contributed by atoms with Crippen LogP contribution in [0.1, 0.15) is 15.7 Å². The van der Waals surface area contributed by atoms with Crippen molar-refractivity contribution >= 4 is 21.4 Å². The van der Waals surface area contributed by atoms with E-state index in [9.17, 15) is 8.42 Å². The molecule has 17 heavy (non-hydrogen) atoms. The van der Waals surface area contributed by atoms with Gasteiger partial charge in [-0.15, -0.1) is 11.3 Å². The third kappa shape index (κ3) is 2.90. The van der Waals surface area contributed by atoms with Crippen LogP contribution in [0.5, 0.6) is 0 Å². The molecule has 0 aliphatic rings. The lowest BCUT2D eigenvalue weighted by molar-refractivity contribution is 0.577. The molecule has 0 atom stereocenters. The van der Waals surface area contributed by atoms with E-state index in [2.05, 4.69) is 19.7 Å². The average molecular weight is 272 g/mol. The minimum Gasteiger partial charge on any atom is -0.332 e. The first kappa shape index (κ1) is 12.2. The number of thiazole rings is 1. The van der Waals surface area contributed by atoms with Crippen molar-refractivity contribution in [2.45, 2.75) is 25.4 Å². The number of nitrogens with zero attached hydrogens (tertiary/aromatic N) is 2. The largest absolute Gasteiger partial charge is 0.332 e. The van der Waals surface area contributed by atoms with Gasteiger partial charge in [-0.3, -0.25) is 0 Å². The molecule has 0 aliphatic carbocycles. The number of aromatic amines is 1. The number of hydrogen-bond acceptors (Lipinski definition) is 5. The highest BCUT2D eigenvalue weighted by atomic mass is 32.2. The van der Waals surface area contributed by atoms with Crippen molar-refractivity contribution in [2.75, 3.05) is 0 Å². The van der Waals surface area contributed by atoms with Crippen LogP contribution in [0.3, 0.4) is 0 Å². The summed E-state index contributed by atoms with van der Waals surface area (Å²) >= 11 is 1.46. The zero-order valence-electron chi connectivity index (χ0n) is 9.39. The summed E-state index contributed by atoms with van der Waals surface area (Å²) in [4.78, 5) is 11.7. The van der Waals surface area contributed by atoms with Crippen LogP contribution >= 0.6 is 11.3 Å². The van der Waals surface area contributed by atoms with Gasteiger partial charge in [-0.05, 0) is 13.8 Å². The molecule has 92 valence electrons. The van der Waals surface area contributed by atoms with Gasteiger partial charge in [0.25, 0.3) is 10.0 Å². The van der Waals surface area contributed by atoms with Crippen LogP contribution in [-0.2, 0) is 16.6 Å². The Labute approximate surface area is 103 Å². The normalized spacial score (nSPS) is 11.9. The number of H-pyrrole nitrogens is 1. The lowest BCUT2D eigenvalue weighted by Gasteiger charge is -2.01. The van der Waals surface area contributed by atoms with E-state index in [1.165, 1.54) is 17.5 Å². The molecule has 0 radical (unpaired) electrons. The summed E-state index contributed by atoms with van der Waals surface area (Å²) in [7, 11) is -3.53. The number of aromatic nitrogens is 3. The van der Waals surface area contributed by atoms with E-state index < -0.39 is 10.0 Å². The molecule has 8 heteroatoms. The first-order chi connectivity index (χ1) is 7.97. The second kappa shape index (κ2) is 4.55. The number of rotatable bonds is 4. The van der Waals surface area contributed by atoms with Gasteiger partial charge in [0.05, 0.1) is 12.7 Å². The first-order valence-electron chi connectivity index (χ1n) is 4.90. The number of hydrogen-bond donors (Lipinski definition) is 2. The van der Waals surface area contributed by atoms with Crippen molar-refractivity contribution in [2.24, 2.45) is 0 Å². The molecule has 2 heterocycles. The molecule has 0 aliphatic heterocycles. The summed E-state index contributed by atoms with van der Waals surface area (Å²) in [6.07, 6.45) is 3.01.